The van der Waals surface area contributed by atoms with E-state index in [1.54, 1.807) is 0 Å². The Bertz CT molecular complexity index is 436. The first-order valence-electron chi connectivity index (χ1n) is 7.31. The van der Waals surface area contributed by atoms with Crippen LogP contribution in [0.1, 0.15) is 42.2 Å². The minimum atomic E-state index is 0.00442. The summed E-state index contributed by atoms with van der Waals surface area (Å²) in [6, 6.07) is 3.69. The minimum Gasteiger partial charge on any atom is -0.373 e. The predicted octanol–water partition coefficient (Wildman–Crippen LogP) is 2.70. The highest BCUT2D eigenvalue weighted by Crippen LogP contribution is 2.24. The number of anilines is 1. The van der Waals surface area contributed by atoms with Crippen molar-refractivity contribution in [3.05, 3.63) is 23.4 Å². The lowest BCUT2D eigenvalue weighted by atomic mass is 10.1. The van der Waals surface area contributed by atoms with Gasteiger partial charge >= 0.3 is 0 Å². The summed E-state index contributed by atoms with van der Waals surface area (Å²) in [5, 5.41) is 6.64. The number of nitrogens with one attached hydrogen (secondary N) is 2. The average Bonchev–Trinajstić information content (AvgIpc) is 2.52. The second-order valence-corrected chi connectivity index (χ2v) is 6.44. The van der Waals surface area contributed by atoms with Crippen molar-refractivity contribution >= 4 is 23.5 Å². The molecule has 1 aromatic rings. The fourth-order valence-corrected chi connectivity index (χ4v) is 3.54. The van der Waals surface area contributed by atoms with Crippen LogP contribution in [0.15, 0.2) is 12.1 Å². The third-order valence-electron chi connectivity index (χ3n) is 3.52. The summed E-state index contributed by atoms with van der Waals surface area (Å²) in [4.78, 5) is 16.7. The number of carbonyl (C=O) groups excluding carboxylic acids is 1. The largest absolute Gasteiger partial charge is 0.373 e. The van der Waals surface area contributed by atoms with Crippen molar-refractivity contribution in [2.75, 3.05) is 24.7 Å². The number of hydrogen-bond donors (Lipinski definition) is 2. The van der Waals surface area contributed by atoms with E-state index in [9.17, 15) is 4.79 Å². The van der Waals surface area contributed by atoms with Crippen LogP contribution in [0.25, 0.3) is 0 Å². The zero-order valence-electron chi connectivity index (χ0n) is 12.2. The summed E-state index contributed by atoms with van der Waals surface area (Å²) < 4.78 is 0. The van der Waals surface area contributed by atoms with Gasteiger partial charge in [-0.25, -0.2) is 4.98 Å². The van der Waals surface area contributed by atoms with Gasteiger partial charge in [0.1, 0.15) is 5.82 Å². The maximum Gasteiger partial charge on any atom is 0.251 e. The molecule has 0 aliphatic carbocycles. The molecule has 0 spiro atoms. The Balaban J connectivity index is 1.97. The molecule has 0 bridgehead atoms. The Hall–Kier alpha value is -1.23. The van der Waals surface area contributed by atoms with Gasteiger partial charge in [0.25, 0.3) is 5.91 Å². The lowest BCUT2D eigenvalue weighted by molar-refractivity contribution is 0.0953. The van der Waals surface area contributed by atoms with Gasteiger partial charge in [0.2, 0.25) is 0 Å². The molecular formula is C15H23N3OS. The van der Waals surface area contributed by atoms with Crippen molar-refractivity contribution in [2.24, 2.45) is 0 Å². The van der Waals surface area contributed by atoms with E-state index in [1.807, 2.05) is 37.9 Å². The number of aromatic nitrogens is 1. The van der Waals surface area contributed by atoms with Gasteiger partial charge in [0, 0.05) is 30.1 Å². The SMILES string of the molecule is CCc1cc(C(=O)NCC2CCCCS2)cc(NC)n1. The van der Waals surface area contributed by atoms with Gasteiger partial charge in [-0.1, -0.05) is 13.3 Å². The van der Waals surface area contributed by atoms with E-state index < -0.39 is 0 Å². The predicted molar refractivity (Wildman–Crippen MR) is 85.6 cm³/mol. The first-order chi connectivity index (χ1) is 9.72. The molecule has 1 aliphatic heterocycles. The summed E-state index contributed by atoms with van der Waals surface area (Å²) in [6.07, 6.45) is 4.63. The van der Waals surface area contributed by atoms with Crippen molar-refractivity contribution < 1.29 is 4.79 Å². The number of aryl methyl sites for hydroxylation is 1. The highest BCUT2D eigenvalue weighted by Gasteiger charge is 2.16. The molecule has 0 aromatic carbocycles. The van der Waals surface area contributed by atoms with Crippen LogP contribution in [0.3, 0.4) is 0 Å². The molecule has 20 heavy (non-hydrogen) atoms. The van der Waals surface area contributed by atoms with Crippen molar-refractivity contribution in [3.63, 3.8) is 0 Å². The molecule has 5 heteroatoms. The van der Waals surface area contributed by atoms with E-state index in [0.717, 1.165) is 24.5 Å². The number of hydrogen-bond acceptors (Lipinski definition) is 4. The van der Waals surface area contributed by atoms with Crippen molar-refractivity contribution in [2.45, 2.75) is 37.9 Å². The summed E-state index contributed by atoms with van der Waals surface area (Å²) >= 11 is 1.98. The molecule has 1 aliphatic rings. The van der Waals surface area contributed by atoms with E-state index in [-0.39, 0.29) is 5.91 Å². The molecule has 0 radical (unpaired) electrons. The van der Waals surface area contributed by atoms with Gasteiger partial charge in [-0.15, -0.1) is 0 Å². The van der Waals surface area contributed by atoms with Crippen LogP contribution in [0, 0.1) is 0 Å². The molecule has 1 unspecified atom stereocenters. The minimum absolute atomic E-state index is 0.00442. The number of carbonyl (C=O) groups is 1. The van der Waals surface area contributed by atoms with Crippen LogP contribution in [-0.4, -0.2) is 35.5 Å². The first kappa shape index (κ1) is 15.2. The molecule has 1 atom stereocenters. The van der Waals surface area contributed by atoms with Crippen LogP contribution in [-0.2, 0) is 6.42 Å². The zero-order valence-corrected chi connectivity index (χ0v) is 13.1. The van der Waals surface area contributed by atoms with Crippen LogP contribution in [0.2, 0.25) is 0 Å². The summed E-state index contributed by atoms with van der Waals surface area (Å²) in [5.74, 6) is 1.98. The molecule has 1 aromatic heterocycles. The van der Waals surface area contributed by atoms with E-state index in [1.165, 1.54) is 25.0 Å². The second kappa shape index (κ2) is 7.53. The molecule has 1 amide bonds. The highest BCUT2D eigenvalue weighted by atomic mass is 32.2. The Morgan fingerprint density at radius 3 is 2.95 bits per heavy atom. The molecular weight excluding hydrogens is 270 g/mol. The number of thioether (sulfide) groups is 1. The van der Waals surface area contributed by atoms with E-state index in [0.29, 0.717) is 10.8 Å². The molecule has 1 saturated heterocycles. The van der Waals surface area contributed by atoms with E-state index in [4.69, 9.17) is 0 Å². The van der Waals surface area contributed by atoms with Gasteiger partial charge in [0.05, 0.1) is 0 Å². The van der Waals surface area contributed by atoms with Gasteiger partial charge in [0.15, 0.2) is 0 Å². The standard InChI is InChI=1S/C15H23N3OS/c1-3-12-8-11(9-14(16-2)18-12)15(19)17-10-13-6-4-5-7-20-13/h8-9,13H,3-7,10H2,1-2H3,(H,16,18)(H,17,19). The molecule has 2 rings (SSSR count). The fraction of sp³-hybridized carbons (Fsp3) is 0.600. The molecule has 110 valence electrons. The van der Waals surface area contributed by atoms with E-state index in [2.05, 4.69) is 15.6 Å². The highest BCUT2D eigenvalue weighted by molar-refractivity contribution is 7.99. The average molecular weight is 293 g/mol. The fourth-order valence-electron chi connectivity index (χ4n) is 2.30. The van der Waals surface area contributed by atoms with Crippen LogP contribution in [0.5, 0.6) is 0 Å². The molecule has 4 nitrogen and oxygen atoms in total. The number of amides is 1. The lowest BCUT2D eigenvalue weighted by Crippen LogP contribution is -2.32. The Morgan fingerprint density at radius 1 is 1.45 bits per heavy atom. The van der Waals surface area contributed by atoms with Gasteiger partial charge in [-0.05, 0) is 37.1 Å². The number of pyridine rings is 1. The quantitative estimate of drug-likeness (QED) is 0.876. The van der Waals surface area contributed by atoms with Crippen molar-refractivity contribution in [1.29, 1.82) is 0 Å². The molecule has 2 heterocycles. The van der Waals surface area contributed by atoms with Crippen molar-refractivity contribution in [1.82, 2.24) is 10.3 Å². The van der Waals surface area contributed by atoms with Crippen LogP contribution in [0.4, 0.5) is 5.82 Å². The lowest BCUT2D eigenvalue weighted by Gasteiger charge is -2.21. The number of rotatable bonds is 5. The maximum absolute atomic E-state index is 12.2. The van der Waals surface area contributed by atoms with Gasteiger partial charge in [-0.3, -0.25) is 4.79 Å². The summed E-state index contributed by atoms with van der Waals surface area (Å²) in [6.45, 7) is 2.81. The van der Waals surface area contributed by atoms with Crippen LogP contribution >= 0.6 is 11.8 Å². The normalized spacial score (nSPS) is 18.6. The third-order valence-corrected chi connectivity index (χ3v) is 4.92. The summed E-state index contributed by atoms with van der Waals surface area (Å²) in [7, 11) is 1.82. The first-order valence-corrected chi connectivity index (χ1v) is 8.36. The second-order valence-electron chi connectivity index (χ2n) is 5.03. The maximum atomic E-state index is 12.2. The Morgan fingerprint density at radius 2 is 2.30 bits per heavy atom. The van der Waals surface area contributed by atoms with Gasteiger partial charge in [-0.2, -0.15) is 11.8 Å². The molecule has 2 N–H and O–H groups in total. The monoisotopic (exact) mass is 293 g/mol. The van der Waals surface area contributed by atoms with Crippen molar-refractivity contribution in [3.8, 4) is 0 Å². The Kier molecular flexibility index (Phi) is 5.71. The zero-order chi connectivity index (χ0) is 14.4. The summed E-state index contributed by atoms with van der Waals surface area (Å²) in [5.41, 5.74) is 1.64. The smallest absolute Gasteiger partial charge is 0.251 e. The third kappa shape index (κ3) is 4.13. The van der Waals surface area contributed by atoms with E-state index >= 15 is 0 Å². The Labute approximate surface area is 125 Å². The number of nitrogens with zero attached hydrogens (tertiary/aromatic N) is 1. The van der Waals surface area contributed by atoms with Gasteiger partial charge < -0.3 is 10.6 Å². The topological polar surface area (TPSA) is 54.0 Å². The molecule has 1 fully saturated rings. The van der Waals surface area contributed by atoms with Crippen LogP contribution < -0.4 is 10.6 Å². The molecule has 0 saturated carbocycles.